The van der Waals surface area contributed by atoms with E-state index in [1.807, 2.05) is 0 Å². The van der Waals surface area contributed by atoms with Crippen molar-refractivity contribution in [3.05, 3.63) is 65.1 Å². The van der Waals surface area contributed by atoms with Gasteiger partial charge in [-0.15, -0.1) is 0 Å². The molecular weight excluding hydrogens is 510 g/mol. The van der Waals surface area contributed by atoms with Crippen LogP contribution in [0.2, 0.25) is 0 Å². The summed E-state index contributed by atoms with van der Waals surface area (Å²) in [5.41, 5.74) is 1.34. The molecule has 1 unspecified atom stereocenters. The summed E-state index contributed by atoms with van der Waals surface area (Å²) in [4.78, 5) is 29.0. The van der Waals surface area contributed by atoms with E-state index in [4.69, 9.17) is 4.74 Å². The largest absolute Gasteiger partial charge is 0.368 e. The van der Waals surface area contributed by atoms with Crippen LogP contribution in [-0.2, 0) is 32.5 Å². The lowest BCUT2D eigenvalue weighted by Crippen LogP contribution is -2.36. The number of halogens is 2. The van der Waals surface area contributed by atoms with Crippen molar-refractivity contribution in [3.63, 3.8) is 0 Å². The number of fused-ring (bicyclic) bond motifs is 1. The summed E-state index contributed by atoms with van der Waals surface area (Å²) in [5, 5.41) is 12.2. The van der Waals surface area contributed by atoms with Crippen LogP contribution in [0.15, 0.2) is 41.6 Å². The van der Waals surface area contributed by atoms with Crippen molar-refractivity contribution in [1.29, 1.82) is 0 Å². The van der Waals surface area contributed by atoms with Crippen molar-refractivity contribution < 1.29 is 31.5 Å². The number of amides is 2. The lowest BCUT2D eigenvalue weighted by Gasteiger charge is -2.26. The first-order valence-electron chi connectivity index (χ1n) is 11.4. The molecule has 0 aliphatic carbocycles. The minimum atomic E-state index is -4.22. The van der Waals surface area contributed by atoms with Crippen LogP contribution in [0.25, 0.3) is 0 Å². The minimum absolute atomic E-state index is 0.0484. The van der Waals surface area contributed by atoms with Gasteiger partial charge in [0.2, 0.25) is 10.0 Å². The van der Waals surface area contributed by atoms with Crippen molar-refractivity contribution >= 4 is 33.3 Å². The van der Waals surface area contributed by atoms with Gasteiger partial charge in [-0.25, -0.2) is 17.2 Å². The SMILES string of the molecule is O=C(Nc1n[nH]c2c1CN(S(=O)(=O)c1cc(F)cc(F)c1)CC2)c1ccncc1NC(=O)C1CCCO1. The highest BCUT2D eigenvalue weighted by Gasteiger charge is 2.32. The van der Waals surface area contributed by atoms with Crippen molar-refractivity contribution in [3.8, 4) is 0 Å². The number of aromatic amines is 1. The van der Waals surface area contributed by atoms with Gasteiger partial charge in [0, 0.05) is 49.6 Å². The lowest BCUT2D eigenvalue weighted by atomic mass is 10.1. The molecule has 2 aromatic heterocycles. The molecule has 4 heterocycles. The Morgan fingerprint density at radius 2 is 1.95 bits per heavy atom. The Hall–Kier alpha value is -3.75. The highest BCUT2D eigenvalue weighted by atomic mass is 32.2. The first-order chi connectivity index (χ1) is 17.7. The molecule has 2 amide bonds. The smallest absolute Gasteiger partial charge is 0.259 e. The van der Waals surface area contributed by atoms with E-state index in [1.54, 1.807) is 0 Å². The number of benzene rings is 1. The maximum absolute atomic E-state index is 13.7. The van der Waals surface area contributed by atoms with Gasteiger partial charge in [-0.2, -0.15) is 9.40 Å². The number of H-pyrrole nitrogens is 1. The number of aromatic nitrogens is 3. The number of anilines is 2. The Labute approximate surface area is 210 Å². The van der Waals surface area contributed by atoms with E-state index in [0.717, 1.165) is 22.9 Å². The fourth-order valence-electron chi connectivity index (χ4n) is 4.27. The van der Waals surface area contributed by atoms with Gasteiger partial charge in [-0.05, 0) is 31.0 Å². The number of nitrogens with zero attached hydrogens (tertiary/aromatic N) is 3. The van der Waals surface area contributed by atoms with Crippen molar-refractivity contribution in [2.45, 2.75) is 36.8 Å². The third-order valence-electron chi connectivity index (χ3n) is 6.15. The van der Waals surface area contributed by atoms with Gasteiger partial charge < -0.3 is 15.4 Å². The van der Waals surface area contributed by atoms with Crippen LogP contribution in [0.4, 0.5) is 20.3 Å². The van der Waals surface area contributed by atoms with Crippen LogP contribution in [0.1, 0.15) is 34.5 Å². The minimum Gasteiger partial charge on any atom is -0.368 e. The molecule has 2 aliphatic rings. The van der Waals surface area contributed by atoms with Gasteiger partial charge in [-0.1, -0.05) is 0 Å². The Bertz CT molecular complexity index is 1450. The molecule has 5 rings (SSSR count). The molecule has 1 fully saturated rings. The predicted molar refractivity (Wildman–Crippen MR) is 126 cm³/mol. The number of rotatable bonds is 6. The van der Waals surface area contributed by atoms with Gasteiger partial charge in [0.05, 0.1) is 22.3 Å². The van der Waals surface area contributed by atoms with Gasteiger partial charge in [-0.3, -0.25) is 19.7 Å². The Balaban J connectivity index is 1.35. The molecule has 0 spiro atoms. The number of pyridine rings is 1. The Kier molecular flexibility index (Phi) is 6.70. The Morgan fingerprint density at radius 1 is 1.16 bits per heavy atom. The number of carbonyl (C=O) groups is 2. The third kappa shape index (κ3) is 5.08. The topological polar surface area (TPSA) is 146 Å². The second-order valence-corrected chi connectivity index (χ2v) is 10.5. The zero-order valence-corrected chi connectivity index (χ0v) is 20.1. The summed E-state index contributed by atoms with van der Waals surface area (Å²) in [7, 11) is -4.22. The van der Waals surface area contributed by atoms with Crippen LogP contribution in [0, 0.1) is 11.6 Å². The number of ether oxygens (including phenoxy) is 1. The molecule has 37 heavy (non-hydrogen) atoms. The summed E-state index contributed by atoms with van der Waals surface area (Å²) >= 11 is 0. The Morgan fingerprint density at radius 3 is 2.68 bits per heavy atom. The fraction of sp³-hybridized carbons (Fsp3) is 0.304. The summed E-state index contributed by atoms with van der Waals surface area (Å²) < 4.78 is 59.9. The molecule has 3 aromatic rings. The molecule has 0 bridgehead atoms. The van der Waals surface area contributed by atoms with Crippen LogP contribution in [-0.4, -0.2) is 59.0 Å². The molecule has 194 valence electrons. The number of nitrogens with one attached hydrogen (secondary N) is 3. The third-order valence-corrected chi connectivity index (χ3v) is 7.97. The fourth-order valence-corrected chi connectivity index (χ4v) is 5.72. The first kappa shape index (κ1) is 24.9. The van der Waals surface area contributed by atoms with Gasteiger partial charge in [0.25, 0.3) is 11.8 Å². The number of hydrogen-bond acceptors (Lipinski definition) is 7. The predicted octanol–water partition coefficient (Wildman–Crippen LogP) is 2.20. The molecule has 3 N–H and O–H groups in total. The van der Waals surface area contributed by atoms with E-state index in [-0.39, 0.29) is 42.5 Å². The van der Waals surface area contributed by atoms with Crippen LogP contribution in [0.5, 0.6) is 0 Å². The molecule has 1 saturated heterocycles. The van der Waals surface area contributed by atoms with E-state index in [0.29, 0.717) is 30.4 Å². The molecule has 0 saturated carbocycles. The molecule has 0 radical (unpaired) electrons. The second kappa shape index (κ2) is 9.95. The van der Waals surface area contributed by atoms with Crippen molar-refractivity contribution in [2.24, 2.45) is 0 Å². The van der Waals surface area contributed by atoms with Crippen molar-refractivity contribution in [1.82, 2.24) is 19.5 Å². The molecular formula is C23H22F2N6O5S. The van der Waals surface area contributed by atoms with Gasteiger partial charge in [0.15, 0.2) is 5.82 Å². The summed E-state index contributed by atoms with van der Waals surface area (Å²) in [6.07, 6.45) is 3.72. The van der Waals surface area contributed by atoms with Gasteiger partial charge >= 0.3 is 0 Å². The number of sulfonamides is 1. The molecule has 11 nitrogen and oxygen atoms in total. The summed E-state index contributed by atoms with van der Waals surface area (Å²) in [6.45, 7) is 0.358. The second-order valence-electron chi connectivity index (χ2n) is 8.59. The zero-order valence-electron chi connectivity index (χ0n) is 19.3. The summed E-state index contributed by atoms with van der Waals surface area (Å²) in [6, 6.07) is 3.52. The maximum Gasteiger partial charge on any atom is 0.259 e. The number of carbonyl (C=O) groups excluding carboxylic acids is 2. The highest BCUT2D eigenvalue weighted by molar-refractivity contribution is 7.89. The zero-order chi connectivity index (χ0) is 26.2. The van der Waals surface area contributed by atoms with Crippen LogP contribution >= 0.6 is 0 Å². The maximum atomic E-state index is 13.7. The quantitative estimate of drug-likeness (QED) is 0.441. The highest BCUT2D eigenvalue weighted by Crippen LogP contribution is 2.29. The number of hydrogen-bond donors (Lipinski definition) is 3. The van der Waals surface area contributed by atoms with E-state index in [2.05, 4.69) is 25.8 Å². The van der Waals surface area contributed by atoms with E-state index in [9.17, 15) is 26.8 Å². The van der Waals surface area contributed by atoms with Crippen LogP contribution < -0.4 is 10.6 Å². The molecule has 1 atom stereocenters. The molecule has 2 aliphatic heterocycles. The van der Waals surface area contributed by atoms with Crippen LogP contribution in [0.3, 0.4) is 0 Å². The lowest BCUT2D eigenvalue weighted by molar-refractivity contribution is -0.124. The van der Waals surface area contributed by atoms with E-state index in [1.165, 1.54) is 18.5 Å². The molecule has 1 aromatic carbocycles. The average molecular weight is 533 g/mol. The first-order valence-corrected chi connectivity index (χ1v) is 12.9. The van der Waals surface area contributed by atoms with Crippen molar-refractivity contribution in [2.75, 3.05) is 23.8 Å². The van der Waals surface area contributed by atoms with E-state index >= 15 is 0 Å². The monoisotopic (exact) mass is 532 g/mol. The van der Waals surface area contributed by atoms with Gasteiger partial charge in [0.1, 0.15) is 17.7 Å². The van der Waals surface area contributed by atoms with E-state index < -0.39 is 38.6 Å². The standard InChI is InChI=1S/C23H22F2N6O5S/c24-13-8-14(25)10-15(9-13)37(34,35)31-6-4-18-17(12-31)21(30-29-18)28-22(32)16-3-5-26-11-19(16)27-23(33)20-2-1-7-36-20/h3,5,8-11,20H,1-2,4,6-7,12H2,(H,27,33)(H2,28,29,30,32). The molecule has 14 heteroatoms. The normalized spacial score (nSPS) is 17.8. The summed E-state index contributed by atoms with van der Waals surface area (Å²) in [5.74, 6) is -2.91. The average Bonchev–Trinajstić information content (AvgIpc) is 3.54.